The quantitative estimate of drug-likeness (QED) is 0.421. The van der Waals surface area contributed by atoms with Gasteiger partial charge in [0.25, 0.3) is 0 Å². The van der Waals surface area contributed by atoms with E-state index in [0.717, 1.165) is 11.3 Å². The maximum Gasteiger partial charge on any atom is 0.341 e. The second-order valence-corrected chi connectivity index (χ2v) is 8.30. The molecule has 4 unspecified atom stereocenters. The lowest BCUT2D eigenvalue weighted by Gasteiger charge is -2.18. The van der Waals surface area contributed by atoms with Crippen LogP contribution in [0.5, 0.6) is 11.8 Å². The van der Waals surface area contributed by atoms with E-state index in [1.165, 1.54) is 6.33 Å². The lowest BCUT2D eigenvalue weighted by atomic mass is 10.1. The molecule has 4 heterocycles. The van der Waals surface area contributed by atoms with E-state index in [4.69, 9.17) is 19.5 Å². The molecule has 0 saturated carbocycles. The normalized spacial score (nSPS) is 23.2. The van der Waals surface area contributed by atoms with Gasteiger partial charge in [0.2, 0.25) is 0 Å². The van der Waals surface area contributed by atoms with Crippen molar-refractivity contribution in [2.24, 2.45) is 0 Å². The van der Waals surface area contributed by atoms with Crippen molar-refractivity contribution in [3.63, 3.8) is 0 Å². The molecule has 0 radical (unpaired) electrons. The first-order valence-electron chi connectivity index (χ1n) is 11.1. The number of fused-ring (bicyclic) bond motifs is 1. The molecule has 2 fully saturated rings. The lowest BCUT2D eigenvalue weighted by Crippen LogP contribution is -2.40. The predicted molar refractivity (Wildman–Crippen MR) is 120 cm³/mol. The highest BCUT2D eigenvalue weighted by molar-refractivity contribution is 5.37. The standard InChI is InChI=1S/C23H21N9O3/c24-9-15-2-1-3-16(8-15)10-26-19-11-33-22-20(12-34-21(19)22)32-23(28-29-30-32)35-18-6-4-17(5-7-18)31-14-25-13-27-31/h1-8,13-14,19-22,26H,10-12H2. The SMILES string of the molecule is N#Cc1cccc(CNC2COC3C2OCC3n2nnnc2Oc2ccc(-n3cncn3)cc2)c1. The minimum Gasteiger partial charge on any atom is -0.423 e. The molecule has 12 heteroatoms. The summed E-state index contributed by atoms with van der Waals surface area (Å²) in [6, 6.07) is 17.1. The number of benzene rings is 2. The van der Waals surface area contributed by atoms with Crippen LogP contribution in [0.15, 0.2) is 61.2 Å². The van der Waals surface area contributed by atoms with Gasteiger partial charge in [-0.1, -0.05) is 17.2 Å². The Bertz CT molecular complexity index is 1330. The first-order chi connectivity index (χ1) is 17.3. The molecule has 2 aliphatic heterocycles. The van der Waals surface area contributed by atoms with Crippen molar-refractivity contribution < 1.29 is 14.2 Å². The third-order valence-corrected chi connectivity index (χ3v) is 6.16. The fourth-order valence-electron chi connectivity index (χ4n) is 4.44. The summed E-state index contributed by atoms with van der Waals surface area (Å²) < 4.78 is 21.4. The van der Waals surface area contributed by atoms with Crippen molar-refractivity contribution in [1.82, 2.24) is 40.3 Å². The zero-order valence-electron chi connectivity index (χ0n) is 18.5. The second kappa shape index (κ2) is 9.22. The Kier molecular flexibility index (Phi) is 5.63. The van der Waals surface area contributed by atoms with Gasteiger partial charge in [0.05, 0.1) is 36.6 Å². The van der Waals surface area contributed by atoms with Crippen LogP contribution in [0, 0.1) is 11.3 Å². The van der Waals surface area contributed by atoms with Gasteiger partial charge < -0.3 is 19.5 Å². The largest absolute Gasteiger partial charge is 0.423 e. The van der Waals surface area contributed by atoms with Crippen molar-refractivity contribution in [2.45, 2.75) is 30.8 Å². The molecule has 0 spiro atoms. The van der Waals surface area contributed by atoms with E-state index in [1.807, 2.05) is 42.5 Å². The van der Waals surface area contributed by atoms with Crippen molar-refractivity contribution in [2.75, 3.05) is 13.2 Å². The molecule has 0 aliphatic carbocycles. The Labute approximate surface area is 200 Å². The zero-order valence-corrected chi connectivity index (χ0v) is 18.5. The zero-order chi connectivity index (χ0) is 23.6. The van der Waals surface area contributed by atoms with Gasteiger partial charge in [0.1, 0.15) is 36.7 Å². The Morgan fingerprint density at radius 3 is 2.83 bits per heavy atom. The molecule has 1 N–H and O–H groups in total. The number of hydrogen-bond acceptors (Lipinski definition) is 10. The monoisotopic (exact) mass is 471 g/mol. The van der Waals surface area contributed by atoms with Gasteiger partial charge in [-0.3, -0.25) is 0 Å². The molecule has 2 aromatic heterocycles. The molecule has 0 bridgehead atoms. The summed E-state index contributed by atoms with van der Waals surface area (Å²) in [5.41, 5.74) is 2.54. The van der Waals surface area contributed by atoms with Crippen LogP contribution in [0.25, 0.3) is 5.69 Å². The van der Waals surface area contributed by atoms with E-state index >= 15 is 0 Å². The molecule has 35 heavy (non-hydrogen) atoms. The number of nitrogens with zero attached hydrogens (tertiary/aromatic N) is 8. The maximum absolute atomic E-state index is 9.11. The molecule has 12 nitrogen and oxygen atoms in total. The highest BCUT2D eigenvalue weighted by atomic mass is 16.6. The third-order valence-electron chi connectivity index (χ3n) is 6.16. The van der Waals surface area contributed by atoms with Crippen molar-refractivity contribution in [3.8, 4) is 23.5 Å². The van der Waals surface area contributed by atoms with Crippen molar-refractivity contribution >= 4 is 0 Å². The number of nitriles is 1. The molecule has 2 saturated heterocycles. The number of rotatable bonds is 7. The molecule has 4 aromatic rings. The second-order valence-electron chi connectivity index (χ2n) is 8.30. The molecule has 0 amide bonds. The van der Waals surface area contributed by atoms with E-state index in [2.05, 4.69) is 37.0 Å². The summed E-state index contributed by atoms with van der Waals surface area (Å²) >= 11 is 0. The van der Waals surface area contributed by atoms with Crippen LogP contribution >= 0.6 is 0 Å². The van der Waals surface area contributed by atoms with Gasteiger partial charge in [-0.2, -0.15) is 15.0 Å². The van der Waals surface area contributed by atoms with Gasteiger partial charge in [0, 0.05) is 6.54 Å². The first kappa shape index (κ1) is 21.4. The number of aromatic nitrogens is 7. The van der Waals surface area contributed by atoms with Crippen LogP contribution in [-0.4, -0.2) is 66.4 Å². The molecular weight excluding hydrogens is 450 g/mol. The fraction of sp³-hybridized carbons (Fsp3) is 0.304. The van der Waals surface area contributed by atoms with Gasteiger partial charge in [-0.15, -0.1) is 0 Å². The first-order valence-corrected chi connectivity index (χ1v) is 11.1. The van der Waals surface area contributed by atoms with E-state index < -0.39 is 0 Å². The van der Waals surface area contributed by atoms with Gasteiger partial charge in [-0.25, -0.2) is 9.67 Å². The topological polar surface area (TPSA) is 138 Å². The molecule has 2 aliphatic rings. The Balaban J connectivity index is 1.11. The summed E-state index contributed by atoms with van der Waals surface area (Å²) in [6.07, 6.45) is 2.75. The summed E-state index contributed by atoms with van der Waals surface area (Å²) in [4.78, 5) is 3.95. The summed E-state index contributed by atoms with van der Waals surface area (Å²) in [5.74, 6) is 0.590. The van der Waals surface area contributed by atoms with Gasteiger partial charge in [-0.05, 0) is 52.4 Å². The van der Waals surface area contributed by atoms with E-state index in [9.17, 15) is 0 Å². The summed E-state index contributed by atoms with van der Waals surface area (Å²) in [6.45, 7) is 1.53. The molecule has 6 rings (SSSR count). The van der Waals surface area contributed by atoms with E-state index in [1.54, 1.807) is 21.8 Å². The molecule has 2 aromatic carbocycles. The van der Waals surface area contributed by atoms with Crippen LogP contribution < -0.4 is 10.1 Å². The average molecular weight is 471 g/mol. The molecular formula is C23H21N9O3. The van der Waals surface area contributed by atoms with Crippen LogP contribution in [0.1, 0.15) is 17.2 Å². The van der Waals surface area contributed by atoms with Gasteiger partial charge in [0.15, 0.2) is 0 Å². The van der Waals surface area contributed by atoms with E-state index in [-0.39, 0.29) is 30.3 Å². The van der Waals surface area contributed by atoms with Crippen LogP contribution in [0.2, 0.25) is 0 Å². The Morgan fingerprint density at radius 2 is 2.00 bits per heavy atom. The van der Waals surface area contributed by atoms with Crippen LogP contribution in [0.4, 0.5) is 0 Å². The predicted octanol–water partition coefficient (Wildman–Crippen LogP) is 1.41. The maximum atomic E-state index is 9.11. The number of tetrazole rings is 1. The third kappa shape index (κ3) is 4.24. The summed E-state index contributed by atoms with van der Waals surface area (Å²) in [7, 11) is 0. The number of ether oxygens (including phenoxy) is 3. The Morgan fingerprint density at radius 1 is 1.11 bits per heavy atom. The van der Waals surface area contributed by atoms with Crippen LogP contribution in [-0.2, 0) is 16.0 Å². The van der Waals surface area contributed by atoms with Crippen molar-refractivity contribution in [3.05, 3.63) is 72.3 Å². The number of nitrogens with one attached hydrogen (secondary N) is 1. The highest BCUT2D eigenvalue weighted by Crippen LogP contribution is 2.36. The van der Waals surface area contributed by atoms with Gasteiger partial charge >= 0.3 is 6.01 Å². The molecule has 4 atom stereocenters. The minimum absolute atomic E-state index is 0.0147. The fourth-order valence-corrected chi connectivity index (χ4v) is 4.44. The molecule has 176 valence electrons. The average Bonchev–Trinajstić information content (AvgIpc) is 3.69. The minimum atomic E-state index is -0.215. The van der Waals surface area contributed by atoms with Crippen LogP contribution in [0.3, 0.4) is 0 Å². The van der Waals surface area contributed by atoms with E-state index in [0.29, 0.717) is 31.1 Å². The summed E-state index contributed by atoms with van der Waals surface area (Å²) in [5, 5.41) is 28.7. The van der Waals surface area contributed by atoms with Crippen molar-refractivity contribution in [1.29, 1.82) is 5.26 Å². The number of hydrogen-bond donors (Lipinski definition) is 1. The lowest BCUT2D eigenvalue weighted by molar-refractivity contribution is 0.0611. The Hall–Kier alpha value is -4.18. The smallest absolute Gasteiger partial charge is 0.341 e. The highest BCUT2D eigenvalue weighted by Gasteiger charge is 2.49.